The molecule has 0 radical (unpaired) electrons. The minimum atomic E-state index is 0. The van der Waals surface area contributed by atoms with Gasteiger partial charge < -0.3 is 20.1 Å². The fraction of sp³-hybridized carbons (Fsp3) is 0.400. The topological polar surface area (TPSA) is 54.9 Å². The van der Waals surface area contributed by atoms with E-state index < -0.39 is 0 Å². The molecule has 0 aliphatic carbocycles. The van der Waals surface area contributed by atoms with E-state index >= 15 is 0 Å². The molecule has 1 aromatic rings. The Balaban J connectivity index is 0.00000400. The van der Waals surface area contributed by atoms with Crippen LogP contribution in [0, 0.1) is 0 Å². The molecule has 0 fully saturated rings. The van der Waals surface area contributed by atoms with E-state index in [1.54, 1.807) is 20.2 Å². The van der Waals surface area contributed by atoms with Crippen LogP contribution in [0.4, 0.5) is 0 Å². The highest BCUT2D eigenvalue weighted by Crippen LogP contribution is 2.18. The molecule has 0 atom stereocenters. The molecule has 0 aromatic heterocycles. The molecule has 0 bridgehead atoms. The van der Waals surface area contributed by atoms with E-state index in [4.69, 9.17) is 9.47 Å². The molecule has 2 N–H and O–H groups in total. The molecular weight excluding hydrogens is 381 g/mol. The fourth-order valence-corrected chi connectivity index (χ4v) is 1.55. The molecule has 1 rings (SSSR count). The Morgan fingerprint density at radius 2 is 2.10 bits per heavy atom. The molecule has 0 amide bonds. The Labute approximate surface area is 143 Å². The van der Waals surface area contributed by atoms with Crippen LogP contribution in [0.25, 0.3) is 0 Å². The minimum Gasteiger partial charge on any atom is -0.497 e. The summed E-state index contributed by atoms with van der Waals surface area (Å²) in [7, 11) is 3.38. The number of aliphatic imine (C=N–C) groups is 1. The summed E-state index contributed by atoms with van der Waals surface area (Å²) < 4.78 is 10.8. The Hall–Kier alpha value is -1.44. The summed E-state index contributed by atoms with van der Waals surface area (Å²) in [5.41, 5.74) is 0. The lowest BCUT2D eigenvalue weighted by Crippen LogP contribution is -2.38. The first-order valence-corrected chi connectivity index (χ1v) is 6.62. The van der Waals surface area contributed by atoms with Crippen LogP contribution >= 0.6 is 24.0 Å². The average molecular weight is 405 g/mol. The number of rotatable bonds is 8. The fourth-order valence-electron chi connectivity index (χ4n) is 1.55. The van der Waals surface area contributed by atoms with Crippen molar-refractivity contribution in [2.45, 2.75) is 6.42 Å². The van der Waals surface area contributed by atoms with Crippen molar-refractivity contribution in [2.24, 2.45) is 4.99 Å². The molecule has 5 nitrogen and oxygen atoms in total. The van der Waals surface area contributed by atoms with Gasteiger partial charge in [0.05, 0.1) is 13.7 Å². The van der Waals surface area contributed by atoms with E-state index in [1.807, 2.05) is 24.3 Å². The number of hydrogen-bond acceptors (Lipinski definition) is 3. The van der Waals surface area contributed by atoms with Crippen molar-refractivity contribution in [2.75, 3.05) is 33.9 Å². The van der Waals surface area contributed by atoms with Crippen molar-refractivity contribution in [3.8, 4) is 11.5 Å². The number of methoxy groups -OCH3 is 1. The van der Waals surface area contributed by atoms with Crippen molar-refractivity contribution in [1.29, 1.82) is 0 Å². The molecule has 0 saturated carbocycles. The number of benzene rings is 1. The molecule has 118 valence electrons. The number of guanidine groups is 1. The largest absolute Gasteiger partial charge is 0.497 e. The van der Waals surface area contributed by atoms with Crippen molar-refractivity contribution >= 4 is 29.9 Å². The zero-order valence-corrected chi connectivity index (χ0v) is 14.9. The Bertz CT molecular complexity index is 439. The van der Waals surface area contributed by atoms with Crippen molar-refractivity contribution in [3.05, 3.63) is 36.9 Å². The van der Waals surface area contributed by atoms with Crippen LogP contribution in [0.15, 0.2) is 41.9 Å². The summed E-state index contributed by atoms with van der Waals surface area (Å²) in [5, 5.41) is 6.31. The zero-order valence-electron chi connectivity index (χ0n) is 12.6. The van der Waals surface area contributed by atoms with Gasteiger partial charge in [0.2, 0.25) is 0 Å². The van der Waals surface area contributed by atoms with E-state index in [9.17, 15) is 0 Å². The van der Waals surface area contributed by atoms with E-state index in [0.29, 0.717) is 13.2 Å². The molecule has 0 aliphatic rings. The maximum Gasteiger partial charge on any atom is 0.191 e. The normalized spacial score (nSPS) is 10.3. The van der Waals surface area contributed by atoms with Gasteiger partial charge in [-0.2, -0.15) is 0 Å². The van der Waals surface area contributed by atoms with Crippen LogP contribution in [0.5, 0.6) is 11.5 Å². The summed E-state index contributed by atoms with van der Waals surface area (Å²) >= 11 is 0. The number of halogens is 1. The maximum absolute atomic E-state index is 5.65. The monoisotopic (exact) mass is 405 g/mol. The van der Waals surface area contributed by atoms with Crippen molar-refractivity contribution < 1.29 is 9.47 Å². The first-order valence-electron chi connectivity index (χ1n) is 6.62. The van der Waals surface area contributed by atoms with E-state index in [2.05, 4.69) is 22.2 Å². The molecular formula is C15H24IN3O2. The highest BCUT2D eigenvalue weighted by Gasteiger charge is 1.98. The lowest BCUT2D eigenvalue weighted by atomic mass is 10.3. The Morgan fingerprint density at radius 1 is 1.33 bits per heavy atom. The number of nitrogens with one attached hydrogen (secondary N) is 2. The second-order valence-electron chi connectivity index (χ2n) is 4.05. The van der Waals surface area contributed by atoms with Gasteiger partial charge in [-0.1, -0.05) is 12.1 Å². The molecule has 1 aromatic carbocycles. The number of ether oxygens (including phenoxy) is 2. The number of hydrogen-bond donors (Lipinski definition) is 2. The highest BCUT2D eigenvalue weighted by atomic mass is 127. The lowest BCUT2D eigenvalue weighted by molar-refractivity contribution is 0.308. The van der Waals surface area contributed by atoms with E-state index in [-0.39, 0.29) is 24.0 Å². The van der Waals surface area contributed by atoms with Gasteiger partial charge in [-0.25, -0.2) is 0 Å². The SMILES string of the molecule is C=CCNC(=NC)NCCCOc1cccc(OC)c1.I. The van der Waals surface area contributed by atoms with Crippen LogP contribution in [-0.2, 0) is 0 Å². The molecule has 0 saturated heterocycles. The van der Waals surface area contributed by atoms with E-state index in [1.165, 1.54) is 0 Å². The minimum absolute atomic E-state index is 0. The molecule has 6 heteroatoms. The summed E-state index contributed by atoms with van der Waals surface area (Å²) in [6, 6.07) is 7.59. The average Bonchev–Trinajstić information content (AvgIpc) is 2.50. The predicted octanol–water partition coefficient (Wildman–Crippen LogP) is 2.43. The van der Waals surface area contributed by atoms with Crippen LogP contribution < -0.4 is 20.1 Å². The molecule has 0 spiro atoms. The van der Waals surface area contributed by atoms with E-state index in [0.717, 1.165) is 30.4 Å². The molecule has 0 aliphatic heterocycles. The van der Waals surface area contributed by atoms with Gasteiger partial charge in [0.15, 0.2) is 5.96 Å². The van der Waals surface area contributed by atoms with Crippen molar-refractivity contribution in [3.63, 3.8) is 0 Å². The Morgan fingerprint density at radius 3 is 2.76 bits per heavy atom. The quantitative estimate of drug-likeness (QED) is 0.229. The van der Waals surface area contributed by atoms with Gasteiger partial charge in [0.1, 0.15) is 11.5 Å². The van der Waals surface area contributed by atoms with Gasteiger partial charge in [-0.3, -0.25) is 4.99 Å². The van der Waals surface area contributed by atoms with Gasteiger partial charge in [0.25, 0.3) is 0 Å². The van der Waals surface area contributed by atoms with Crippen LogP contribution in [0.2, 0.25) is 0 Å². The third-order valence-corrected chi connectivity index (χ3v) is 2.56. The Kier molecular flexibility index (Phi) is 11.5. The molecule has 0 unspecified atom stereocenters. The van der Waals surface area contributed by atoms with Gasteiger partial charge in [-0.05, 0) is 18.6 Å². The summed E-state index contributed by atoms with van der Waals surface area (Å²) in [5.74, 6) is 2.39. The summed E-state index contributed by atoms with van der Waals surface area (Å²) in [6.45, 7) is 5.77. The van der Waals surface area contributed by atoms with Gasteiger partial charge in [-0.15, -0.1) is 30.6 Å². The summed E-state index contributed by atoms with van der Waals surface area (Å²) in [4.78, 5) is 4.09. The predicted molar refractivity (Wildman–Crippen MR) is 98.1 cm³/mol. The molecule has 21 heavy (non-hydrogen) atoms. The van der Waals surface area contributed by atoms with Crippen LogP contribution in [-0.4, -0.2) is 39.8 Å². The van der Waals surface area contributed by atoms with Crippen LogP contribution in [0.3, 0.4) is 0 Å². The first kappa shape index (κ1) is 19.6. The van der Waals surface area contributed by atoms with Crippen molar-refractivity contribution in [1.82, 2.24) is 10.6 Å². The van der Waals surface area contributed by atoms with Gasteiger partial charge >= 0.3 is 0 Å². The first-order chi connectivity index (χ1) is 9.80. The maximum atomic E-state index is 5.65. The summed E-state index contributed by atoms with van der Waals surface area (Å²) in [6.07, 6.45) is 2.67. The molecule has 0 heterocycles. The van der Waals surface area contributed by atoms with Gasteiger partial charge in [0, 0.05) is 26.2 Å². The smallest absolute Gasteiger partial charge is 0.191 e. The third kappa shape index (κ3) is 8.44. The van der Waals surface area contributed by atoms with Crippen LogP contribution in [0.1, 0.15) is 6.42 Å². The third-order valence-electron chi connectivity index (χ3n) is 2.56. The highest BCUT2D eigenvalue weighted by molar-refractivity contribution is 14.0. The zero-order chi connectivity index (χ0) is 14.6. The lowest BCUT2D eigenvalue weighted by Gasteiger charge is -2.11. The second kappa shape index (κ2) is 12.3. The second-order valence-corrected chi connectivity index (χ2v) is 4.05. The number of nitrogens with zero attached hydrogens (tertiary/aromatic N) is 1. The standard InChI is InChI=1S/C15H23N3O2.HI/c1-4-9-17-15(16-2)18-10-6-11-20-14-8-5-7-13(12-14)19-3;/h4-5,7-8,12H,1,6,9-11H2,2-3H3,(H2,16,17,18);1H.